The zero-order valence-electron chi connectivity index (χ0n) is 13.5. The molecule has 2 heterocycles. The molecule has 0 bridgehead atoms. The molecule has 0 aliphatic carbocycles. The summed E-state index contributed by atoms with van der Waals surface area (Å²) in [6.45, 7) is 13.2. The smallest absolute Gasteiger partial charge is 0.237 e. The lowest BCUT2D eigenvalue weighted by Gasteiger charge is -2.45. The number of hydrogen-bond donors (Lipinski definition) is 2. The van der Waals surface area contributed by atoms with Gasteiger partial charge in [0.25, 0.3) is 0 Å². The molecule has 2 saturated heterocycles. The fourth-order valence-electron chi connectivity index (χ4n) is 3.60. The van der Waals surface area contributed by atoms with Gasteiger partial charge in [-0.3, -0.25) is 9.69 Å². The molecule has 0 aromatic rings. The summed E-state index contributed by atoms with van der Waals surface area (Å²) >= 11 is 0. The van der Waals surface area contributed by atoms with E-state index in [9.17, 15) is 4.79 Å². The Bertz CT molecular complexity index is 327. The quantitative estimate of drug-likeness (QED) is 0.823. The Labute approximate surface area is 123 Å². The summed E-state index contributed by atoms with van der Waals surface area (Å²) in [4.78, 5) is 14.7. The molecule has 0 aromatic heterocycles. The molecular weight excluding hydrogens is 250 g/mol. The van der Waals surface area contributed by atoms with Gasteiger partial charge in [-0.05, 0) is 51.5 Å². The Morgan fingerprint density at radius 3 is 2.50 bits per heavy atom. The first-order chi connectivity index (χ1) is 9.38. The second-order valence-electron chi connectivity index (χ2n) is 7.53. The molecule has 0 aromatic carbocycles. The van der Waals surface area contributed by atoms with Crippen LogP contribution < -0.4 is 10.6 Å². The number of amides is 1. The molecule has 0 spiro atoms. The largest absolute Gasteiger partial charge is 0.353 e. The van der Waals surface area contributed by atoms with E-state index < -0.39 is 0 Å². The maximum absolute atomic E-state index is 12.1. The highest BCUT2D eigenvalue weighted by atomic mass is 16.2. The maximum atomic E-state index is 12.1. The lowest BCUT2D eigenvalue weighted by molar-refractivity contribution is -0.123. The highest BCUT2D eigenvalue weighted by molar-refractivity contribution is 5.82. The third-order valence-corrected chi connectivity index (χ3v) is 4.80. The number of carbonyl (C=O) groups excluding carboxylic acids is 1. The van der Waals surface area contributed by atoms with Gasteiger partial charge in [0.05, 0.1) is 6.04 Å². The molecule has 20 heavy (non-hydrogen) atoms. The van der Waals surface area contributed by atoms with Crippen molar-refractivity contribution in [3.05, 3.63) is 0 Å². The first-order valence-corrected chi connectivity index (χ1v) is 8.14. The Morgan fingerprint density at radius 2 is 1.95 bits per heavy atom. The maximum Gasteiger partial charge on any atom is 0.237 e. The van der Waals surface area contributed by atoms with E-state index >= 15 is 0 Å². The van der Waals surface area contributed by atoms with Crippen molar-refractivity contribution in [2.24, 2.45) is 11.8 Å². The minimum atomic E-state index is 0.0324. The molecule has 2 fully saturated rings. The standard InChI is InChI=1S/C16H31N3O/c1-12-8-13(2)10-19(9-12)16(3,4)11-18-15(20)14-6-5-7-17-14/h12-14,17H,5-11H2,1-4H3,(H,18,20)/t12?,13?,14-/m0/s1. The molecule has 2 unspecified atom stereocenters. The van der Waals surface area contributed by atoms with Crippen molar-refractivity contribution in [3.8, 4) is 0 Å². The van der Waals surface area contributed by atoms with Crippen molar-refractivity contribution < 1.29 is 4.79 Å². The number of nitrogens with zero attached hydrogens (tertiary/aromatic N) is 1. The Balaban J connectivity index is 1.84. The van der Waals surface area contributed by atoms with Crippen molar-refractivity contribution >= 4 is 5.91 Å². The van der Waals surface area contributed by atoms with Crippen LogP contribution in [0.3, 0.4) is 0 Å². The van der Waals surface area contributed by atoms with Crippen molar-refractivity contribution in [3.63, 3.8) is 0 Å². The lowest BCUT2D eigenvalue weighted by atomic mass is 9.88. The predicted molar refractivity (Wildman–Crippen MR) is 82.6 cm³/mol. The monoisotopic (exact) mass is 281 g/mol. The first-order valence-electron chi connectivity index (χ1n) is 8.14. The van der Waals surface area contributed by atoms with Crippen molar-refractivity contribution in [2.45, 2.75) is 58.5 Å². The van der Waals surface area contributed by atoms with Crippen LogP contribution in [0.1, 0.15) is 47.0 Å². The number of hydrogen-bond acceptors (Lipinski definition) is 3. The van der Waals surface area contributed by atoms with Gasteiger partial charge in [0.1, 0.15) is 0 Å². The molecule has 0 radical (unpaired) electrons. The van der Waals surface area contributed by atoms with E-state index in [0.717, 1.165) is 50.9 Å². The molecule has 116 valence electrons. The minimum Gasteiger partial charge on any atom is -0.353 e. The van der Waals surface area contributed by atoms with Crippen LogP contribution in [0.4, 0.5) is 0 Å². The molecule has 1 amide bonds. The van der Waals surface area contributed by atoms with Crippen LogP contribution in [0.15, 0.2) is 0 Å². The summed E-state index contributed by atoms with van der Waals surface area (Å²) < 4.78 is 0. The van der Waals surface area contributed by atoms with Crippen molar-refractivity contribution in [1.29, 1.82) is 0 Å². The van der Waals surface area contributed by atoms with Gasteiger partial charge in [-0.1, -0.05) is 13.8 Å². The number of rotatable bonds is 4. The summed E-state index contributed by atoms with van der Waals surface area (Å²) in [5.74, 6) is 1.68. The highest BCUT2D eigenvalue weighted by Gasteiger charge is 2.33. The minimum absolute atomic E-state index is 0.0324. The topological polar surface area (TPSA) is 44.4 Å². The lowest BCUT2D eigenvalue weighted by Crippen LogP contribution is -2.57. The number of likely N-dealkylation sites (tertiary alicyclic amines) is 1. The molecule has 4 heteroatoms. The van der Waals surface area contributed by atoms with Gasteiger partial charge in [0.15, 0.2) is 0 Å². The van der Waals surface area contributed by atoms with Gasteiger partial charge >= 0.3 is 0 Å². The van der Waals surface area contributed by atoms with Crippen molar-refractivity contribution in [2.75, 3.05) is 26.2 Å². The third kappa shape index (κ3) is 3.95. The van der Waals surface area contributed by atoms with Crippen molar-refractivity contribution in [1.82, 2.24) is 15.5 Å². The predicted octanol–water partition coefficient (Wildman–Crippen LogP) is 1.61. The zero-order chi connectivity index (χ0) is 14.8. The number of carbonyl (C=O) groups is 1. The van der Waals surface area contributed by atoms with Crippen LogP contribution in [-0.2, 0) is 4.79 Å². The van der Waals surface area contributed by atoms with Crippen LogP contribution in [0, 0.1) is 11.8 Å². The molecule has 2 aliphatic rings. The molecule has 0 saturated carbocycles. The average molecular weight is 281 g/mol. The van der Waals surface area contributed by atoms with E-state index in [0.29, 0.717) is 0 Å². The van der Waals surface area contributed by atoms with Gasteiger partial charge in [-0.15, -0.1) is 0 Å². The zero-order valence-corrected chi connectivity index (χ0v) is 13.5. The Kier molecular flexibility index (Phi) is 5.08. The molecule has 2 rings (SSSR count). The first kappa shape index (κ1) is 15.8. The molecule has 2 aliphatic heterocycles. The fourth-order valence-corrected chi connectivity index (χ4v) is 3.60. The summed E-state index contributed by atoms with van der Waals surface area (Å²) in [5, 5.41) is 6.41. The summed E-state index contributed by atoms with van der Waals surface area (Å²) in [7, 11) is 0. The molecule has 2 N–H and O–H groups in total. The number of piperidine rings is 1. The van der Waals surface area contributed by atoms with E-state index in [1.807, 2.05) is 0 Å². The normalized spacial score (nSPS) is 32.3. The fraction of sp³-hybridized carbons (Fsp3) is 0.938. The highest BCUT2D eigenvalue weighted by Crippen LogP contribution is 2.26. The van der Waals surface area contributed by atoms with E-state index in [2.05, 4.69) is 43.2 Å². The van der Waals surface area contributed by atoms with Gasteiger partial charge < -0.3 is 10.6 Å². The van der Waals surface area contributed by atoms with E-state index in [1.54, 1.807) is 0 Å². The van der Waals surface area contributed by atoms with E-state index in [4.69, 9.17) is 0 Å². The Morgan fingerprint density at radius 1 is 1.30 bits per heavy atom. The summed E-state index contributed by atoms with van der Waals surface area (Å²) in [5.41, 5.74) is 0.0389. The SMILES string of the molecule is CC1CC(C)CN(C(C)(C)CNC(=O)[C@@H]2CCCN2)C1. The van der Waals surface area contributed by atoms with E-state index in [1.165, 1.54) is 6.42 Å². The van der Waals surface area contributed by atoms with Crippen LogP contribution in [0.2, 0.25) is 0 Å². The van der Waals surface area contributed by atoms with Crippen LogP contribution in [-0.4, -0.2) is 48.6 Å². The average Bonchev–Trinajstić information content (AvgIpc) is 2.88. The second kappa shape index (κ2) is 6.44. The van der Waals surface area contributed by atoms with Crippen LogP contribution in [0.5, 0.6) is 0 Å². The third-order valence-electron chi connectivity index (χ3n) is 4.80. The molecule has 3 atom stereocenters. The summed E-state index contributed by atoms with van der Waals surface area (Å²) in [6, 6.07) is 0.0324. The Hall–Kier alpha value is -0.610. The number of nitrogens with one attached hydrogen (secondary N) is 2. The van der Waals surface area contributed by atoms with Gasteiger partial charge in [-0.25, -0.2) is 0 Å². The van der Waals surface area contributed by atoms with Crippen LogP contribution in [0.25, 0.3) is 0 Å². The molecular formula is C16H31N3O. The van der Waals surface area contributed by atoms with E-state index in [-0.39, 0.29) is 17.5 Å². The molecule has 4 nitrogen and oxygen atoms in total. The van der Waals surface area contributed by atoms with Crippen LogP contribution >= 0.6 is 0 Å². The summed E-state index contributed by atoms with van der Waals surface area (Å²) in [6.07, 6.45) is 3.41. The van der Waals surface area contributed by atoms with Gasteiger partial charge in [0, 0.05) is 25.2 Å². The second-order valence-corrected chi connectivity index (χ2v) is 7.53. The van der Waals surface area contributed by atoms with Gasteiger partial charge in [-0.2, -0.15) is 0 Å². The van der Waals surface area contributed by atoms with Gasteiger partial charge in [0.2, 0.25) is 5.91 Å².